The Morgan fingerprint density at radius 1 is 1.29 bits per heavy atom. The SMILES string of the molecule is CN(C)c1cc(F)c(C(N)=S)c(F)c1. The molecule has 2 N–H and O–H groups in total. The van der Waals surface area contributed by atoms with Crippen molar-refractivity contribution in [3.63, 3.8) is 0 Å². The standard InChI is InChI=1S/C9H10F2N2S/c1-13(2)5-3-6(10)8(9(12)14)7(11)4-5/h3-4H,1-2H3,(H2,12,14). The number of nitrogens with zero attached hydrogens (tertiary/aromatic N) is 1. The highest BCUT2D eigenvalue weighted by Gasteiger charge is 2.13. The molecule has 0 amide bonds. The van der Waals surface area contributed by atoms with E-state index in [1.54, 1.807) is 19.0 Å². The van der Waals surface area contributed by atoms with Gasteiger partial charge in [-0.15, -0.1) is 0 Å². The first-order valence-corrected chi connectivity index (χ1v) is 4.30. The maximum Gasteiger partial charge on any atom is 0.138 e. The molecule has 0 saturated carbocycles. The summed E-state index contributed by atoms with van der Waals surface area (Å²) in [5.74, 6) is -1.47. The molecule has 0 aromatic heterocycles. The fourth-order valence-corrected chi connectivity index (χ4v) is 1.25. The molecule has 1 aromatic carbocycles. The summed E-state index contributed by atoms with van der Waals surface area (Å²) >= 11 is 4.53. The number of thiocarbonyl (C=S) groups is 1. The van der Waals surface area contributed by atoms with Gasteiger partial charge in [0, 0.05) is 19.8 Å². The van der Waals surface area contributed by atoms with Crippen molar-refractivity contribution >= 4 is 22.9 Å². The van der Waals surface area contributed by atoms with E-state index in [4.69, 9.17) is 5.73 Å². The van der Waals surface area contributed by atoms with Gasteiger partial charge in [0.25, 0.3) is 0 Å². The van der Waals surface area contributed by atoms with Crippen LogP contribution in [0.2, 0.25) is 0 Å². The van der Waals surface area contributed by atoms with Crippen LogP contribution < -0.4 is 10.6 Å². The van der Waals surface area contributed by atoms with Crippen molar-refractivity contribution in [3.8, 4) is 0 Å². The Hall–Kier alpha value is -1.23. The first-order chi connectivity index (χ1) is 6.43. The minimum atomic E-state index is -0.735. The van der Waals surface area contributed by atoms with Crippen molar-refractivity contribution in [3.05, 3.63) is 29.3 Å². The van der Waals surface area contributed by atoms with Crippen molar-refractivity contribution in [2.45, 2.75) is 0 Å². The molecule has 14 heavy (non-hydrogen) atoms. The Kier molecular flexibility index (Phi) is 3.00. The predicted molar refractivity (Wildman–Crippen MR) is 56.6 cm³/mol. The summed E-state index contributed by atoms with van der Waals surface area (Å²) in [5, 5.41) is 0. The van der Waals surface area contributed by atoms with E-state index >= 15 is 0 Å². The summed E-state index contributed by atoms with van der Waals surface area (Å²) in [4.78, 5) is 1.32. The minimum Gasteiger partial charge on any atom is -0.389 e. The summed E-state index contributed by atoms with van der Waals surface area (Å²) in [6, 6.07) is 2.38. The quantitative estimate of drug-likeness (QED) is 0.762. The van der Waals surface area contributed by atoms with E-state index in [1.807, 2.05) is 0 Å². The number of rotatable bonds is 2. The fourth-order valence-electron chi connectivity index (χ4n) is 1.05. The summed E-state index contributed by atoms with van der Waals surface area (Å²) in [5.41, 5.74) is 5.28. The van der Waals surface area contributed by atoms with Gasteiger partial charge < -0.3 is 10.6 Å². The van der Waals surface area contributed by atoms with Crippen LogP contribution in [-0.2, 0) is 0 Å². The lowest BCUT2D eigenvalue weighted by atomic mass is 10.1. The second kappa shape index (κ2) is 3.88. The molecule has 76 valence electrons. The monoisotopic (exact) mass is 216 g/mol. The fraction of sp³-hybridized carbons (Fsp3) is 0.222. The van der Waals surface area contributed by atoms with E-state index in [1.165, 1.54) is 12.1 Å². The zero-order chi connectivity index (χ0) is 10.9. The van der Waals surface area contributed by atoms with Crippen LogP contribution in [0.3, 0.4) is 0 Å². The molecule has 0 atom stereocenters. The average molecular weight is 216 g/mol. The highest BCUT2D eigenvalue weighted by atomic mass is 32.1. The molecule has 1 aromatic rings. The van der Waals surface area contributed by atoms with Crippen LogP contribution >= 0.6 is 12.2 Å². The van der Waals surface area contributed by atoms with Gasteiger partial charge in [0.1, 0.15) is 16.6 Å². The van der Waals surface area contributed by atoms with Gasteiger partial charge in [-0.3, -0.25) is 0 Å². The van der Waals surface area contributed by atoms with Crippen LogP contribution in [0.15, 0.2) is 12.1 Å². The van der Waals surface area contributed by atoms with Crippen molar-refractivity contribution in [1.82, 2.24) is 0 Å². The number of anilines is 1. The smallest absolute Gasteiger partial charge is 0.138 e. The van der Waals surface area contributed by atoms with E-state index in [-0.39, 0.29) is 10.6 Å². The molecular weight excluding hydrogens is 206 g/mol. The van der Waals surface area contributed by atoms with Crippen LogP contribution in [-0.4, -0.2) is 19.1 Å². The van der Waals surface area contributed by atoms with Crippen LogP contribution in [0, 0.1) is 11.6 Å². The van der Waals surface area contributed by atoms with Gasteiger partial charge >= 0.3 is 0 Å². The maximum atomic E-state index is 13.3. The summed E-state index contributed by atoms with van der Waals surface area (Å²) < 4.78 is 26.6. The second-order valence-electron chi connectivity index (χ2n) is 3.04. The molecule has 0 aliphatic heterocycles. The lowest BCUT2D eigenvalue weighted by molar-refractivity contribution is 0.579. The lowest BCUT2D eigenvalue weighted by Crippen LogP contribution is -2.16. The Morgan fingerprint density at radius 2 is 1.71 bits per heavy atom. The van der Waals surface area contributed by atoms with Crippen molar-refractivity contribution in [2.24, 2.45) is 5.73 Å². The molecule has 0 spiro atoms. The number of nitrogens with two attached hydrogens (primary N) is 1. The van der Waals surface area contributed by atoms with Crippen molar-refractivity contribution < 1.29 is 8.78 Å². The van der Waals surface area contributed by atoms with Gasteiger partial charge in [0.15, 0.2) is 0 Å². The molecule has 2 nitrogen and oxygen atoms in total. The molecule has 1 rings (SSSR count). The van der Waals surface area contributed by atoms with Gasteiger partial charge in [-0.05, 0) is 12.1 Å². The van der Waals surface area contributed by atoms with Crippen molar-refractivity contribution in [1.29, 1.82) is 0 Å². The van der Waals surface area contributed by atoms with Crippen LogP contribution in [0.4, 0.5) is 14.5 Å². The second-order valence-corrected chi connectivity index (χ2v) is 3.48. The van der Waals surface area contributed by atoms with E-state index in [9.17, 15) is 8.78 Å². The third kappa shape index (κ3) is 1.98. The Balaban J connectivity index is 3.32. The molecule has 0 unspecified atom stereocenters. The zero-order valence-corrected chi connectivity index (χ0v) is 8.66. The van der Waals surface area contributed by atoms with Gasteiger partial charge in [0.2, 0.25) is 0 Å². The molecular formula is C9H10F2N2S. The molecule has 0 radical (unpaired) electrons. The number of hydrogen-bond donors (Lipinski definition) is 1. The minimum absolute atomic E-state index is 0.273. The third-order valence-corrected chi connectivity index (χ3v) is 1.99. The predicted octanol–water partition coefficient (Wildman–Crippen LogP) is 1.67. The number of halogens is 2. The van der Waals surface area contributed by atoms with Crippen LogP contribution in [0.1, 0.15) is 5.56 Å². The molecule has 0 bridgehead atoms. The molecule has 0 saturated heterocycles. The molecule has 0 aliphatic rings. The topological polar surface area (TPSA) is 29.3 Å². The molecule has 5 heteroatoms. The number of hydrogen-bond acceptors (Lipinski definition) is 2. The van der Waals surface area contributed by atoms with E-state index in [0.29, 0.717) is 5.69 Å². The number of benzene rings is 1. The normalized spacial score (nSPS) is 10.0. The van der Waals surface area contributed by atoms with Crippen LogP contribution in [0.25, 0.3) is 0 Å². The summed E-state index contributed by atoms with van der Waals surface area (Å²) in [7, 11) is 3.38. The van der Waals surface area contributed by atoms with E-state index in [0.717, 1.165) is 0 Å². The first kappa shape index (κ1) is 10.8. The summed E-state index contributed by atoms with van der Waals surface area (Å²) in [6.45, 7) is 0. The lowest BCUT2D eigenvalue weighted by Gasteiger charge is -2.14. The Morgan fingerprint density at radius 3 is 2.00 bits per heavy atom. The average Bonchev–Trinajstić information content (AvgIpc) is 2.01. The Bertz CT molecular complexity index is 354. The van der Waals surface area contributed by atoms with E-state index in [2.05, 4.69) is 12.2 Å². The van der Waals surface area contributed by atoms with E-state index < -0.39 is 11.6 Å². The molecule has 0 fully saturated rings. The van der Waals surface area contributed by atoms with Gasteiger partial charge in [-0.25, -0.2) is 8.78 Å². The Labute approximate surface area is 86.3 Å². The third-order valence-electron chi connectivity index (χ3n) is 1.79. The zero-order valence-electron chi connectivity index (χ0n) is 7.84. The van der Waals surface area contributed by atoms with Gasteiger partial charge in [0.05, 0.1) is 5.56 Å². The first-order valence-electron chi connectivity index (χ1n) is 3.89. The van der Waals surface area contributed by atoms with Crippen molar-refractivity contribution in [2.75, 3.05) is 19.0 Å². The maximum absolute atomic E-state index is 13.3. The van der Waals surface area contributed by atoms with Gasteiger partial charge in [-0.1, -0.05) is 12.2 Å². The highest BCUT2D eigenvalue weighted by molar-refractivity contribution is 7.80. The van der Waals surface area contributed by atoms with Crippen LogP contribution in [0.5, 0.6) is 0 Å². The molecule has 0 heterocycles. The van der Waals surface area contributed by atoms with Gasteiger partial charge in [-0.2, -0.15) is 0 Å². The highest BCUT2D eigenvalue weighted by Crippen LogP contribution is 2.20. The largest absolute Gasteiger partial charge is 0.389 e. The summed E-state index contributed by atoms with van der Waals surface area (Å²) in [6.07, 6.45) is 0. The molecule has 0 aliphatic carbocycles.